The van der Waals surface area contributed by atoms with Gasteiger partial charge < -0.3 is 18.8 Å². The zero-order chi connectivity index (χ0) is 27.1. The van der Waals surface area contributed by atoms with Crippen LogP contribution in [0.1, 0.15) is 35.6 Å². The summed E-state index contributed by atoms with van der Waals surface area (Å²) in [6.07, 6.45) is 3.49. The van der Waals surface area contributed by atoms with Crippen molar-refractivity contribution in [2.45, 2.75) is 39.3 Å². The fourth-order valence-electron chi connectivity index (χ4n) is 5.94. The van der Waals surface area contributed by atoms with Gasteiger partial charge in [-0.05, 0) is 67.1 Å². The Labute approximate surface area is 227 Å². The Kier molecular flexibility index (Phi) is 6.61. The Morgan fingerprint density at radius 3 is 2.44 bits per heavy atom. The first-order valence-electron chi connectivity index (χ1n) is 13.4. The molecule has 0 saturated carbocycles. The number of pyridine rings is 1. The molecule has 7 heteroatoms. The fourth-order valence-corrected chi connectivity index (χ4v) is 5.94. The minimum absolute atomic E-state index is 0.0627. The second-order valence-corrected chi connectivity index (χ2v) is 10.3. The summed E-state index contributed by atoms with van der Waals surface area (Å²) in [6.45, 7) is 6.03. The minimum Gasteiger partial charge on any atom is -0.497 e. The molecule has 3 heterocycles. The molecule has 3 aromatic carbocycles. The van der Waals surface area contributed by atoms with Crippen LogP contribution < -0.4 is 15.0 Å². The van der Waals surface area contributed by atoms with Gasteiger partial charge in [-0.1, -0.05) is 30.3 Å². The molecular weight excluding hydrogens is 490 g/mol. The highest BCUT2D eigenvalue weighted by Gasteiger charge is 2.23. The summed E-state index contributed by atoms with van der Waals surface area (Å²) in [5.74, 6) is 1.39. The molecule has 6 rings (SSSR count). The maximum absolute atomic E-state index is 14.2. The average Bonchev–Trinajstić information content (AvgIpc) is 3.41. The van der Waals surface area contributed by atoms with E-state index >= 15 is 0 Å². The zero-order valence-corrected chi connectivity index (χ0v) is 22.9. The Morgan fingerprint density at radius 1 is 0.949 bits per heavy atom. The maximum atomic E-state index is 14.2. The molecule has 0 unspecified atom stereocenters. The molecule has 0 radical (unpaired) electrons. The minimum atomic E-state index is -0.0627. The van der Waals surface area contributed by atoms with Gasteiger partial charge >= 0.3 is 0 Å². The van der Waals surface area contributed by atoms with Gasteiger partial charge in [0.05, 0.1) is 49.4 Å². The number of ether oxygens (including phenoxy) is 3. The summed E-state index contributed by atoms with van der Waals surface area (Å²) < 4.78 is 20.6. The lowest BCUT2D eigenvalue weighted by Crippen LogP contribution is -2.23. The SMILES string of the molecule is COc1ccc(Cn2c(=O)c3cnn(C4CCOCC4)c3c3ccc(-c4c(C)cccc4C)cc32)c(OC)c1. The molecule has 39 heavy (non-hydrogen) atoms. The number of benzene rings is 3. The van der Waals surface area contributed by atoms with Gasteiger partial charge in [-0.25, -0.2) is 0 Å². The summed E-state index contributed by atoms with van der Waals surface area (Å²) in [4.78, 5) is 14.2. The number of hydrogen-bond donors (Lipinski definition) is 0. The van der Waals surface area contributed by atoms with Gasteiger partial charge in [-0.2, -0.15) is 5.10 Å². The van der Waals surface area contributed by atoms with Crippen LogP contribution in [0.25, 0.3) is 32.9 Å². The largest absolute Gasteiger partial charge is 0.497 e. The highest BCUT2D eigenvalue weighted by Crippen LogP contribution is 2.34. The van der Waals surface area contributed by atoms with Gasteiger partial charge in [-0.15, -0.1) is 0 Å². The predicted octanol–water partition coefficient (Wildman–Crippen LogP) is 6.05. The van der Waals surface area contributed by atoms with Crippen molar-refractivity contribution in [2.75, 3.05) is 27.4 Å². The third-order valence-corrected chi connectivity index (χ3v) is 7.94. The molecular formula is C32H33N3O4. The maximum Gasteiger partial charge on any atom is 0.262 e. The first-order valence-corrected chi connectivity index (χ1v) is 13.4. The van der Waals surface area contributed by atoms with Crippen LogP contribution in [-0.2, 0) is 11.3 Å². The van der Waals surface area contributed by atoms with Crippen molar-refractivity contribution in [3.63, 3.8) is 0 Å². The first-order chi connectivity index (χ1) is 19.0. The zero-order valence-electron chi connectivity index (χ0n) is 22.9. The molecule has 0 bridgehead atoms. The van der Waals surface area contributed by atoms with Crippen molar-refractivity contribution in [1.82, 2.24) is 14.3 Å². The van der Waals surface area contributed by atoms with Gasteiger partial charge in [0, 0.05) is 30.2 Å². The molecule has 5 aromatic rings. The molecule has 1 aliphatic rings. The molecule has 2 aromatic heterocycles. The van der Waals surface area contributed by atoms with Gasteiger partial charge in [0.1, 0.15) is 11.5 Å². The molecule has 0 N–H and O–H groups in total. The number of aromatic nitrogens is 3. The topological polar surface area (TPSA) is 67.5 Å². The van der Waals surface area contributed by atoms with E-state index in [9.17, 15) is 4.79 Å². The van der Waals surface area contributed by atoms with Gasteiger partial charge in [0.15, 0.2) is 0 Å². The lowest BCUT2D eigenvalue weighted by molar-refractivity contribution is 0.0675. The normalized spacial score (nSPS) is 14.3. The smallest absolute Gasteiger partial charge is 0.262 e. The van der Waals surface area contributed by atoms with Gasteiger partial charge in [-0.3, -0.25) is 9.48 Å². The van der Waals surface area contributed by atoms with Crippen LogP contribution in [0, 0.1) is 13.8 Å². The Bertz CT molecular complexity index is 1720. The summed E-state index contributed by atoms with van der Waals surface area (Å²) >= 11 is 0. The van der Waals surface area contributed by atoms with E-state index < -0.39 is 0 Å². The van der Waals surface area contributed by atoms with E-state index in [1.54, 1.807) is 20.4 Å². The molecule has 7 nitrogen and oxygen atoms in total. The van der Waals surface area contributed by atoms with Crippen LogP contribution in [0.3, 0.4) is 0 Å². The van der Waals surface area contributed by atoms with Crippen LogP contribution in [0.4, 0.5) is 0 Å². The van der Waals surface area contributed by atoms with Crippen LogP contribution in [0.15, 0.2) is 65.6 Å². The van der Waals surface area contributed by atoms with E-state index in [4.69, 9.17) is 19.3 Å². The lowest BCUT2D eigenvalue weighted by Gasteiger charge is -2.24. The number of hydrogen-bond acceptors (Lipinski definition) is 5. The third-order valence-electron chi connectivity index (χ3n) is 7.94. The Morgan fingerprint density at radius 2 is 1.72 bits per heavy atom. The van der Waals surface area contributed by atoms with Crippen molar-refractivity contribution in [3.8, 4) is 22.6 Å². The summed E-state index contributed by atoms with van der Waals surface area (Å²) in [6, 6.07) is 18.7. The highest BCUT2D eigenvalue weighted by atomic mass is 16.5. The second kappa shape index (κ2) is 10.2. The van der Waals surface area contributed by atoms with Crippen molar-refractivity contribution in [1.29, 1.82) is 0 Å². The Balaban J connectivity index is 1.62. The van der Waals surface area contributed by atoms with Crippen molar-refractivity contribution in [2.24, 2.45) is 0 Å². The van der Waals surface area contributed by atoms with Crippen molar-refractivity contribution >= 4 is 21.8 Å². The number of rotatable bonds is 6. The van der Waals surface area contributed by atoms with Gasteiger partial charge in [0.25, 0.3) is 5.56 Å². The second-order valence-electron chi connectivity index (χ2n) is 10.3. The van der Waals surface area contributed by atoms with Crippen LogP contribution in [0.5, 0.6) is 11.5 Å². The Hall–Kier alpha value is -4.10. The predicted molar refractivity (Wildman–Crippen MR) is 154 cm³/mol. The van der Waals surface area contributed by atoms with E-state index in [2.05, 4.69) is 54.9 Å². The number of methoxy groups -OCH3 is 2. The molecule has 0 aliphatic carbocycles. The van der Waals surface area contributed by atoms with Gasteiger partial charge in [0.2, 0.25) is 0 Å². The number of nitrogens with zero attached hydrogens (tertiary/aromatic N) is 3. The van der Waals surface area contributed by atoms with Crippen molar-refractivity contribution < 1.29 is 14.2 Å². The number of fused-ring (bicyclic) bond motifs is 3. The summed E-state index contributed by atoms with van der Waals surface area (Å²) in [5.41, 5.74) is 7.29. The molecule has 0 atom stereocenters. The van der Waals surface area contributed by atoms with E-state index in [0.717, 1.165) is 40.4 Å². The third kappa shape index (κ3) is 4.36. The van der Waals surface area contributed by atoms with Crippen LogP contribution in [0.2, 0.25) is 0 Å². The molecule has 1 aliphatic heterocycles. The van der Waals surface area contributed by atoms with E-state index in [0.29, 0.717) is 36.6 Å². The van der Waals surface area contributed by atoms with Crippen molar-refractivity contribution in [3.05, 3.63) is 87.8 Å². The first kappa shape index (κ1) is 25.2. The molecule has 1 fully saturated rings. The quantitative estimate of drug-likeness (QED) is 0.271. The number of aryl methyl sites for hydroxylation is 2. The molecule has 0 amide bonds. The molecule has 0 spiro atoms. The summed E-state index contributed by atoms with van der Waals surface area (Å²) in [5, 5.41) is 6.39. The monoisotopic (exact) mass is 523 g/mol. The molecule has 200 valence electrons. The fraction of sp³-hybridized carbons (Fsp3) is 0.312. The van der Waals surface area contributed by atoms with E-state index in [1.165, 1.54) is 16.7 Å². The van der Waals surface area contributed by atoms with Crippen LogP contribution in [-0.4, -0.2) is 41.8 Å². The molecule has 1 saturated heterocycles. The van der Waals surface area contributed by atoms with E-state index in [1.807, 2.05) is 22.8 Å². The van der Waals surface area contributed by atoms with Crippen LogP contribution >= 0.6 is 0 Å². The van der Waals surface area contributed by atoms with E-state index in [-0.39, 0.29) is 11.6 Å². The average molecular weight is 524 g/mol. The summed E-state index contributed by atoms with van der Waals surface area (Å²) in [7, 11) is 3.27. The standard InChI is InChI=1S/C32H33N3O4/c1-20-6-5-7-21(2)30(20)22-9-11-26-28(16-22)34(19-23-8-10-25(37-3)17-29(23)38-4)32(36)27-18-33-35(31(26)27)24-12-14-39-15-13-24/h5-11,16-18,24H,12-15,19H2,1-4H3. The lowest BCUT2D eigenvalue weighted by atomic mass is 9.94. The highest BCUT2D eigenvalue weighted by molar-refractivity contribution is 6.05.